The van der Waals surface area contributed by atoms with Gasteiger partial charge in [0.25, 0.3) is 0 Å². The summed E-state index contributed by atoms with van der Waals surface area (Å²) >= 11 is 0. The van der Waals surface area contributed by atoms with E-state index in [2.05, 4.69) is 6.07 Å². The average Bonchev–Trinajstić information content (AvgIpc) is 2.35. The number of carbonyl (C=O) groups excluding carboxylic acids is 1. The second-order valence-corrected chi connectivity index (χ2v) is 4.04. The van der Waals surface area contributed by atoms with Crippen molar-refractivity contribution in [2.75, 3.05) is 0 Å². The van der Waals surface area contributed by atoms with E-state index in [0.29, 0.717) is 0 Å². The van der Waals surface area contributed by atoms with Crippen LogP contribution < -0.4 is 0 Å². The minimum absolute atomic E-state index is 0.0264. The zero-order valence-corrected chi connectivity index (χ0v) is 9.81. The van der Waals surface area contributed by atoms with E-state index in [1.807, 2.05) is 44.2 Å². The molecule has 0 aliphatic carbocycles. The van der Waals surface area contributed by atoms with Crippen molar-refractivity contribution < 1.29 is 4.79 Å². The van der Waals surface area contributed by atoms with Gasteiger partial charge in [-0.2, -0.15) is 5.26 Å². The van der Waals surface area contributed by atoms with Gasteiger partial charge in [0.2, 0.25) is 0 Å². The Morgan fingerprint density at radius 1 is 1.38 bits per heavy atom. The topological polar surface area (TPSA) is 40.9 Å². The van der Waals surface area contributed by atoms with Crippen LogP contribution in [0.2, 0.25) is 0 Å². The van der Waals surface area contributed by atoms with Gasteiger partial charge in [0, 0.05) is 12.3 Å². The van der Waals surface area contributed by atoms with Gasteiger partial charge in [-0.1, -0.05) is 44.2 Å². The molecule has 16 heavy (non-hydrogen) atoms. The molecule has 0 spiro atoms. The summed E-state index contributed by atoms with van der Waals surface area (Å²) in [4.78, 5) is 12.1. The average molecular weight is 215 g/mol. The van der Waals surface area contributed by atoms with Crippen molar-refractivity contribution in [3.8, 4) is 6.07 Å². The summed E-state index contributed by atoms with van der Waals surface area (Å²) in [7, 11) is 0. The van der Waals surface area contributed by atoms with Crippen LogP contribution in [-0.4, -0.2) is 5.78 Å². The maximum Gasteiger partial charge on any atom is 0.144 e. The van der Waals surface area contributed by atoms with Crippen LogP contribution in [0, 0.1) is 17.2 Å². The maximum atomic E-state index is 12.1. The SMILES string of the molecule is CCC(C)C(=O)C(CC#N)c1ccccc1. The lowest BCUT2D eigenvalue weighted by Crippen LogP contribution is -2.19. The molecule has 2 atom stereocenters. The summed E-state index contributed by atoms with van der Waals surface area (Å²) in [6.45, 7) is 3.92. The Morgan fingerprint density at radius 2 is 2.00 bits per heavy atom. The predicted molar refractivity (Wildman–Crippen MR) is 63.9 cm³/mol. The Hall–Kier alpha value is -1.62. The first-order chi connectivity index (χ1) is 7.70. The van der Waals surface area contributed by atoms with Crippen LogP contribution in [0.5, 0.6) is 0 Å². The minimum atomic E-state index is -0.263. The largest absolute Gasteiger partial charge is 0.299 e. The molecule has 0 radical (unpaired) electrons. The number of carbonyl (C=O) groups is 1. The van der Waals surface area contributed by atoms with Crippen LogP contribution >= 0.6 is 0 Å². The standard InChI is InChI=1S/C14H17NO/c1-3-11(2)14(16)13(9-10-15)12-7-5-4-6-8-12/h4-8,11,13H,3,9H2,1-2H3. The van der Waals surface area contributed by atoms with E-state index in [-0.39, 0.29) is 24.0 Å². The van der Waals surface area contributed by atoms with E-state index in [9.17, 15) is 4.79 Å². The first kappa shape index (κ1) is 12.4. The van der Waals surface area contributed by atoms with E-state index >= 15 is 0 Å². The van der Waals surface area contributed by atoms with E-state index in [1.165, 1.54) is 0 Å². The molecule has 1 rings (SSSR count). The van der Waals surface area contributed by atoms with Crippen LogP contribution in [0.15, 0.2) is 30.3 Å². The lowest BCUT2D eigenvalue weighted by Gasteiger charge is -2.16. The van der Waals surface area contributed by atoms with Crippen LogP contribution in [0.4, 0.5) is 0 Å². The van der Waals surface area contributed by atoms with Gasteiger partial charge in [0.15, 0.2) is 0 Å². The number of ketones is 1. The second-order valence-electron chi connectivity index (χ2n) is 4.04. The van der Waals surface area contributed by atoms with Gasteiger partial charge in [-0.3, -0.25) is 4.79 Å². The van der Waals surface area contributed by atoms with Gasteiger partial charge in [-0.25, -0.2) is 0 Å². The number of benzene rings is 1. The van der Waals surface area contributed by atoms with Crippen molar-refractivity contribution in [1.82, 2.24) is 0 Å². The molecule has 0 aromatic heterocycles. The molecule has 0 saturated carbocycles. The van der Waals surface area contributed by atoms with Gasteiger partial charge < -0.3 is 0 Å². The molecule has 2 unspecified atom stereocenters. The van der Waals surface area contributed by atoms with Crippen molar-refractivity contribution >= 4 is 5.78 Å². The molecule has 0 saturated heterocycles. The van der Waals surface area contributed by atoms with Crippen LogP contribution in [0.25, 0.3) is 0 Å². The molecule has 2 nitrogen and oxygen atoms in total. The third-order valence-corrected chi connectivity index (χ3v) is 2.94. The monoisotopic (exact) mass is 215 g/mol. The molecule has 0 heterocycles. The van der Waals surface area contributed by atoms with Crippen LogP contribution in [0.3, 0.4) is 0 Å². The summed E-state index contributed by atoms with van der Waals surface area (Å²) < 4.78 is 0. The van der Waals surface area contributed by atoms with Gasteiger partial charge in [0.1, 0.15) is 5.78 Å². The highest BCUT2D eigenvalue weighted by atomic mass is 16.1. The Labute approximate surface area is 96.9 Å². The molecule has 0 N–H and O–H groups in total. The molecular weight excluding hydrogens is 198 g/mol. The van der Waals surface area contributed by atoms with Crippen molar-refractivity contribution in [1.29, 1.82) is 5.26 Å². The van der Waals surface area contributed by atoms with Gasteiger partial charge in [0.05, 0.1) is 12.0 Å². The molecule has 2 heteroatoms. The normalized spacial score (nSPS) is 13.8. The summed E-state index contributed by atoms with van der Waals surface area (Å²) in [5, 5.41) is 8.80. The number of hydrogen-bond acceptors (Lipinski definition) is 2. The fraction of sp³-hybridized carbons (Fsp3) is 0.429. The Morgan fingerprint density at radius 3 is 2.50 bits per heavy atom. The van der Waals surface area contributed by atoms with Crippen molar-refractivity contribution in [2.24, 2.45) is 5.92 Å². The van der Waals surface area contributed by atoms with E-state index in [4.69, 9.17) is 5.26 Å². The molecule has 0 aliphatic rings. The quantitative estimate of drug-likeness (QED) is 0.756. The van der Waals surface area contributed by atoms with Gasteiger partial charge in [-0.05, 0) is 12.0 Å². The number of nitriles is 1. The van der Waals surface area contributed by atoms with Gasteiger partial charge in [-0.15, -0.1) is 0 Å². The molecule has 1 aromatic carbocycles. The fourth-order valence-electron chi connectivity index (χ4n) is 1.70. The third kappa shape index (κ3) is 2.93. The summed E-state index contributed by atoms with van der Waals surface area (Å²) in [5.41, 5.74) is 0.953. The zero-order valence-electron chi connectivity index (χ0n) is 9.81. The third-order valence-electron chi connectivity index (χ3n) is 2.94. The molecule has 0 fully saturated rings. The first-order valence-corrected chi connectivity index (χ1v) is 5.66. The highest BCUT2D eigenvalue weighted by Crippen LogP contribution is 2.24. The molecule has 84 valence electrons. The van der Waals surface area contributed by atoms with Crippen LogP contribution in [0.1, 0.15) is 38.2 Å². The predicted octanol–water partition coefficient (Wildman–Crippen LogP) is 3.30. The smallest absolute Gasteiger partial charge is 0.144 e. The minimum Gasteiger partial charge on any atom is -0.299 e. The van der Waals surface area contributed by atoms with Crippen molar-refractivity contribution in [3.05, 3.63) is 35.9 Å². The van der Waals surface area contributed by atoms with E-state index < -0.39 is 0 Å². The second kappa shape index (κ2) is 6.07. The molecule has 0 bridgehead atoms. The number of nitrogens with zero attached hydrogens (tertiary/aromatic N) is 1. The maximum absolute atomic E-state index is 12.1. The van der Waals surface area contributed by atoms with E-state index in [1.54, 1.807) is 0 Å². The highest BCUT2D eigenvalue weighted by molar-refractivity contribution is 5.87. The molecule has 0 amide bonds. The summed E-state index contributed by atoms with van der Waals surface area (Å²) in [5.74, 6) is -0.0602. The van der Waals surface area contributed by atoms with E-state index in [0.717, 1.165) is 12.0 Å². The molecular formula is C14H17NO. The summed E-state index contributed by atoms with van der Waals surface area (Å²) in [6, 6.07) is 11.7. The van der Waals surface area contributed by atoms with Gasteiger partial charge >= 0.3 is 0 Å². The zero-order chi connectivity index (χ0) is 12.0. The molecule has 1 aromatic rings. The molecule has 0 aliphatic heterocycles. The lowest BCUT2D eigenvalue weighted by atomic mass is 9.85. The fourth-order valence-corrected chi connectivity index (χ4v) is 1.70. The number of rotatable bonds is 5. The lowest BCUT2D eigenvalue weighted by molar-refractivity contribution is -0.123. The highest BCUT2D eigenvalue weighted by Gasteiger charge is 2.23. The first-order valence-electron chi connectivity index (χ1n) is 5.66. The number of Topliss-reactive ketones (excluding diaryl/α,β-unsaturated/α-hetero) is 1. The van der Waals surface area contributed by atoms with Crippen molar-refractivity contribution in [3.63, 3.8) is 0 Å². The van der Waals surface area contributed by atoms with Crippen molar-refractivity contribution in [2.45, 2.75) is 32.6 Å². The summed E-state index contributed by atoms with van der Waals surface area (Å²) in [6.07, 6.45) is 1.10. The Kier molecular flexibility index (Phi) is 4.72. The Balaban J connectivity index is 2.92. The Bertz CT molecular complexity index is 377. The van der Waals surface area contributed by atoms with Crippen LogP contribution in [-0.2, 0) is 4.79 Å². The number of hydrogen-bond donors (Lipinski definition) is 0.